The van der Waals surface area contributed by atoms with Gasteiger partial charge in [0.05, 0.1) is 5.69 Å². The molecule has 0 aliphatic heterocycles. The molecule has 3 aromatic rings. The van der Waals surface area contributed by atoms with Gasteiger partial charge in [-0.3, -0.25) is 4.40 Å². The third kappa shape index (κ3) is 2.85. The van der Waals surface area contributed by atoms with Gasteiger partial charge in [0.2, 0.25) is 5.78 Å². The average molecular weight is 302 g/mol. The molecule has 6 heteroatoms. The highest BCUT2D eigenvalue weighted by atomic mass is 32.2. The molecule has 0 aliphatic carbocycles. The van der Waals surface area contributed by atoms with E-state index in [0.29, 0.717) is 17.2 Å². The Labute approximate surface area is 126 Å². The SMILES string of the molecule is Cc1cc(C)n2cc(CSc3cc(F)ccc3N)nc2n1. The lowest BCUT2D eigenvalue weighted by atomic mass is 10.3. The topological polar surface area (TPSA) is 56.2 Å². The van der Waals surface area contributed by atoms with Gasteiger partial charge < -0.3 is 5.73 Å². The first-order chi connectivity index (χ1) is 10.0. The van der Waals surface area contributed by atoms with Gasteiger partial charge in [0.25, 0.3) is 0 Å². The van der Waals surface area contributed by atoms with E-state index in [2.05, 4.69) is 9.97 Å². The number of imidazole rings is 1. The minimum Gasteiger partial charge on any atom is -0.398 e. The van der Waals surface area contributed by atoms with Crippen LogP contribution in [0.3, 0.4) is 0 Å². The highest BCUT2D eigenvalue weighted by Gasteiger charge is 2.08. The van der Waals surface area contributed by atoms with Gasteiger partial charge in [0.1, 0.15) is 5.82 Å². The molecule has 4 nitrogen and oxygen atoms in total. The molecule has 0 aliphatic rings. The van der Waals surface area contributed by atoms with Crippen molar-refractivity contribution in [3.63, 3.8) is 0 Å². The number of rotatable bonds is 3. The maximum absolute atomic E-state index is 13.2. The van der Waals surface area contributed by atoms with Gasteiger partial charge in [-0.2, -0.15) is 0 Å². The molecule has 0 saturated carbocycles. The smallest absolute Gasteiger partial charge is 0.234 e. The Bertz CT molecular complexity index is 813. The number of thioether (sulfide) groups is 1. The van der Waals surface area contributed by atoms with Crippen LogP contribution in [0.2, 0.25) is 0 Å². The number of fused-ring (bicyclic) bond motifs is 1. The third-order valence-electron chi connectivity index (χ3n) is 3.16. The van der Waals surface area contributed by atoms with Crippen LogP contribution in [0.1, 0.15) is 17.1 Å². The quantitative estimate of drug-likeness (QED) is 0.595. The van der Waals surface area contributed by atoms with E-state index in [-0.39, 0.29) is 5.82 Å². The molecule has 0 amide bonds. The number of aryl methyl sites for hydroxylation is 2. The maximum Gasteiger partial charge on any atom is 0.234 e. The van der Waals surface area contributed by atoms with Crippen molar-refractivity contribution in [1.29, 1.82) is 0 Å². The van der Waals surface area contributed by atoms with Crippen molar-refractivity contribution in [2.24, 2.45) is 0 Å². The molecule has 0 atom stereocenters. The van der Waals surface area contributed by atoms with Gasteiger partial charge in [-0.15, -0.1) is 11.8 Å². The second kappa shape index (κ2) is 5.37. The van der Waals surface area contributed by atoms with Gasteiger partial charge in [-0.1, -0.05) is 0 Å². The van der Waals surface area contributed by atoms with Crippen LogP contribution >= 0.6 is 11.8 Å². The molecule has 1 aromatic carbocycles. The van der Waals surface area contributed by atoms with E-state index >= 15 is 0 Å². The Morgan fingerprint density at radius 2 is 2.05 bits per heavy atom. The predicted octanol–water partition coefficient (Wildman–Crippen LogP) is 3.36. The summed E-state index contributed by atoms with van der Waals surface area (Å²) in [6.45, 7) is 3.97. The summed E-state index contributed by atoms with van der Waals surface area (Å²) in [5.41, 5.74) is 9.35. The fourth-order valence-electron chi connectivity index (χ4n) is 2.17. The predicted molar refractivity (Wildman–Crippen MR) is 82.8 cm³/mol. The molecule has 2 heterocycles. The molecule has 2 aromatic heterocycles. The van der Waals surface area contributed by atoms with Gasteiger partial charge in [0.15, 0.2) is 0 Å². The summed E-state index contributed by atoms with van der Waals surface area (Å²) in [6, 6.07) is 6.40. The second-order valence-electron chi connectivity index (χ2n) is 4.91. The number of aromatic nitrogens is 3. The molecular formula is C15H15FN4S. The van der Waals surface area contributed by atoms with Crippen LogP contribution in [0.4, 0.5) is 10.1 Å². The molecule has 3 rings (SSSR count). The van der Waals surface area contributed by atoms with Crippen molar-refractivity contribution < 1.29 is 4.39 Å². The monoisotopic (exact) mass is 302 g/mol. The van der Waals surface area contributed by atoms with Crippen molar-refractivity contribution in [2.75, 3.05) is 5.73 Å². The molecule has 21 heavy (non-hydrogen) atoms. The Balaban J connectivity index is 1.85. The third-order valence-corrected chi connectivity index (χ3v) is 4.27. The van der Waals surface area contributed by atoms with Crippen molar-refractivity contribution in [3.05, 3.63) is 53.4 Å². The fraction of sp³-hybridized carbons (Fsp3) is 0.200. The van der Waals surface area contributed by atoms with E-state index in [4.69, 9.17) is 5.73 Å². The minimum absolute atomic E-state index is 0.283. The largest absolute Gasteiger partial charge is 0.398 e. The molecule has 0 fully saturated rings. The Morgan fingerprint density at radius 3 is 2.86 bits per heavy atom. The van der Waals surface area contributed by atoms with E-state index in [9.17, 15) is 4.39 Å². The standard InChI is InChI=1S/C15H15FN4S/c1-9-5-10(2)20-7-12(19-15(20)18-9)8-21-14-6-11(16)3-4-13(14)17/h3-7H,8,17H2,1-2H3. The number of halogens is 1. The van der Waals surface area contributed by atoms with E-state index in [1.807, 2.05) is 30.5 Å². The molecule has 0 bridgehead atoms. The zero-order valence-corrected chi connectivity index (χ0v) is 12.6. The summed E-state index contributed by atoms with van der Waals surface area (Å²) in [4.78, 5) is 9.63. The van der Waals surface area contributed by atoms with Crippen LogP contribution < -0.4 is 5.73 Å². The van der Waals surface area contributed by atoms with Crippen molar-refractivity contribution in [1.82, 2.24) is 14.4 Å². The van der Waals surface area contributed by atoms with E-state index in [0.717, 1.165) is 22.0 Å². The van der Waals surface area contributed by atoms with Crippen molar-refractivity contribution in [2.45, 2.75) is 24.5 Å². The normalized spacial score (nSPS) is 11.2. The maximum atomic E-state index is 13.2. The molecule has 0 spiro atoms. The minimum atomic E-state index is -0.283. The second-order valence-corrected chi connectivity index (χ2v) is 5.93. The number of hydrogen-bond donors (Lipinski definition) is 1. The lowest BCUT2D eigenvalue weighted by Crippen LogP contribution is -1.94. The number of hydrogen-bond acceptors (Lipinski definition) is 4. The summed E-state index contributed by atoms with van der Waals surface area (Å²) >= 11 is 1.47. The first-order valence-corrected chi connectivity index (χ1v) is 7.51. The zero-order chi connectivity index (χ0) is 15.0. The van der Waals surface area contributed by atoms with E-state index < -0.39 is 0 Å². The summed E-state index contributed by atoms with van der Waals surface area (Å²) in [6.07, 6.45) is 1.96. The van der Waals surface area contributed by atoms with Crippen LogP contribution in [0.15, 0.2) is 35.4 Å². The van der Waals surface area contributed by atoms with Gasteiger partial charge in [-0.05, 0) is 38.1 Å². The van der Waals surface area contributed by atoms with Gasteiger partial charge in [0, 0.05) is 33.9 Å². The van der Waals surface area contributed by atoms with Gasteiger partial charge in [-0.25, -0.2) is 14.4 Å². The fourth-order valence-corrected chi connectivity index (χ4v) is 3.05. The molecule has 0 saturated heterocycles. The van der Waals surface area contributed by atoms with Crippen LogP contribution in [0.25, 0.3) is 5.78 Å². The molecular weight excluding hydrogens is 287 g/mol. The summed E-state index contributed by atoms with van der Waals surface area (Å²) in [5, 5.41) is 0. The van der Waals surface area contributed by atoms with Crippen molar-refractivity contribution in [3.8, 4) is 0 Å². The number of nitrogens with zero attached hydrogens (tertiary/aromatic N) is 3. The van der Waals surface area contributed by atoms with E-state index in [1.54, 1.807) is 6.07 Å². The molecule has 0 radical (unpaired) electrons. The zero-order valence-electron chi connectivity index (χ0n) is 11.8. The number of anilines is 1. The molecule has 2 N–H and O–H groups in total. The van der Waals surface area contributed by atoms with Gasteiger partial charge >= 0.3 is 0 Å². The number of nitrogen functional groups attached to an aromatic ring is 1. The lowest BCUT2D eigenvalue weighted by molar-refractivity contribution is 0.624. The molecule has 108 valence electrons. The van der Waals surface area contributed by atoms with Crippen molar-refractivity contribution >= 4 is 23.2 Å². The van der Waals surface area contributed by atoms with Crippen LogP contribution in [-0.2, 0) is 5.75 Å². The summed E-state index contributed by atoms with van der Waals surface area (Å²) in [7, 11) is 0. The van der Waals surface area contributed by atoms with E-state index in [1.165, 1.54) is 23.9 Å². The number of nitrogens with two attached hydrogens (primary N) is 1. The van der Waals surface area contributed by atoms with Crippen LogP contribution in [0.5, 0.6) is 0 Å². The average Bonchev–Trinajstić information content (AvgIpc) is 2.83. The number of benzene rings is 1. The Kier molecular flexibility index (Phi) is 3.55. The summed E-state index contributed by atoms with van der Waals surface area (Å²) in [5.74, 6) is 1.03. The Hall–Kier alpha value is -2.08. The highest BCUT2D eigenvalue weighted by molar-refractivity contribution is 7.98. The first kappa shape index (κ1) is 13.9. The Morgan fingerprint density at radius 1 is 1.24 bits per heavy atom. The highest BCUT2D eigenvalue weighted by Crippen LogP contribution is 2.28. The first-order valence-electron chi connectivity index (χ1n) is 6.53. The van der Waals surface area contributed by atoms with Crippen LogP contribution in [0, 0.1) is 19.7 Å². The summed E-state index contributed by atoms with van der Waals surface area (Å²) < 4.78 is 15.2. The lowest BCUT2D eigenvalue weighted by Gasteiger charge is -2.03. The van der Waals surface area contributed by atoms with Crippen LogP contribution in [-0.4, -0.2) is 14.4 Å². The molecule has 0 unspecified atom stereocenters.